The molecule has 0 atom stereocenters. The molecule has 2 aromatic carbocycles. The van der Waals surface area contributed by atoms with Crippen molar-refractivity contribution < 1.29 is 9.66 Å². The molecule has 0 saturated carbocycles. The Labute approximate surface area is 175 Å². The highest BCUT2D eigenvalue weighted by molar-refractivity contribution is 5.62. The fourth-order valence-corrected chi connectivity index (χ4v) is 3.54. The number of aryl methyl sites for hydroxylation is 2. The third-order valence-electron chi connectivity index (χ3n) is 5.18. The largest absolute Gasteiger partial charge is 0.378 e. The maximum Gasteiger partial charge on any atom is 0.269 e. The first-order valence-electron chi connectivity index (χ1n) is 10.2. The van der Waals surface area contributed by atoms with E-state index in [0.29, 0.717) is 19.2 Å². The molecular formula is C23H24N4O3. The molecule has 7 nitrogen and oxygen atoms in total. The van der Waals surface area contributed by atoms with Crippen LogP contribution in [0.3, 0.4) is 0 Å². The summed E-state index contributed by atoms with van der Waals surface area (Å²) in [6, 6.07) is 18.9. The zero-order valence-electron chi connectivity index (χ0n) is 16.7. The lowest BCUT2D eigenvalue weighted by Crippen LogP contribution is -2.37. The number of hydrogen-bond donors (Lipinski definition) is 0. The molecule has 4 rings (SSSR count). The lowest BCUT2D eigenvalue weighted by Gasteiger charge is -2.27. The highest BCUT2D eigenvalue weighted by atomic mass is 16.6. The average molecular weight is 404 g/mol. The number of hydrogen-bond acceptors (Lipinski definition) is 6. The maximum atomic E-state index is 11.0. The average Bonchev–Trinajstić information content (AvgIpc) is 2.80. The molecule has 154 valence electrons. The quantitative estimate of drug-likeness (QED) is 0.436. The van der Waals surface area contributed by atoms with E-state index < -0.39 is 4.92 Å². The molecule has 1 aliphatic heterocycles. The molecule has 3 aromatic rings. The van der Waals surface area contributed by atoms with Crippen LogP contribution in [0, 0.1) is 10.1 Å². The van der Waals surface area contributed by atoms with E-state index >= 15 is 0 Å². The first-order chi connectivity index (χ1) is 14.7. The summed E-state index contributed by atoms with van der Waals surface area (Å²) in [5, 5.41) is 11.0. The molecule has 7 heteroatoms. The molecule has 0 aliphatic carbocycles. The van der Waals surface area contributed by atoms with Crippen LogP contribution in [0.5, 0.6) is 0 Å². The van der Waals surface area contributed by atoms with Gasteiger partial charge in [0.15, 0.2) is 0 Å². The van der Waals surface area contributed by atoms with Crippen LogP contribution in [-0.2, 0) is 17.6 Å². The monoisotopic (exact) mass is 404 g/mol. The van der Waals surface area contributed by atoms with Crippen molar-refractivity contribution >= 4 is 11.6 Å². The van der Waals surface area contributed by atoms with Crippen molar-refractivity contribution in [2.75, 3.05) is 31.2 Å². The van der Waals surface area contributed by atoms with E-state index in [1.54, 1.807) is 12.1 Å². The van der Waals surface area contributed by atoms with Gasteiger partial charge in [-0.1, -0.05) is 30.3 Å². The van der Waals surface area contributed by atoms with Crippen LogP contribution in [0.25, 0.3) is 11.3 Å². The fraction of sp³-hybridized carbons (Fsp3) is 0.304. The van der Waals surface area contributed by atoms with Crippen LogP contribution in [0.1, 0.15) is 17.7 Å². The van der Waals surface area contributed by atoms with E-state index in [0.717, 1.165) is 49.3 Å². The van der Waals surface area contributed by atoms with Crippen LogP contribution in [0.2, 0.25) is 0 Å². The highest BCUT2D eigenvalue weighted by Gasteiger charge is 2.17. The second-order valence-electron chi connectivity index (χ2n) is 7.29. The van der Waals surface area contributed by atoms with Crippen molar-refractivity contribution in [1.82, 2.24) is 9.97 Å². The predicted octanol–water partition coefficient (Wildman–Crippen LogP) is 4.06. The molecule has 2 heterocycles. The zero-order valence-corrected chi connectivity index (χ0v) is 16.7. The van der Waals surface area contributed by atoms with E-state index in [2.05, 4.69) is 29.2 Å². The Kier molecular flexibility index (Phi) is 6.29. The van der Waals surface area contributed by atoms with Crippen molar-refractivity contribution in [1.29, 1.82) is 0 Å². The lowest BCUT2D eigenvalue weighted by atomic mass is 10.1. The molecule has 30 heavy (non-hydrogen) atoms. The number of morpholine rings is 1. The van der Waals surface area contributed by atoms with E-state index in [4.69, 9.17) is 14.7 Å². The third kappa shape index (κ3) is 4.99. The Morgan fingerprint density at radius 2 is 1.70 bits per heavy atom. The van der Waals surface area contributed by atoms with Gasteiger partial charge in [-0.2, -0.15) is 0 Å². The van der Waals surface area contributed by atoms with Gasteiger partial charge in [0.2, 0.25) is 5.95 Å². The summed E-state index contributed by atoms with van der Waals surface area (Å²) in [6.07, 6.45) is 2.82. The van der Waals surface area contributed by atoms with Gasteiger partial charge >= 0.3 is 0 Å². The van der Waals surface area contributed by atoms with Crippen molar-refractivity contribution in [2.24, 2.45) is 0 Å². The maximum absolute atomic E-state index is 11.0. The topological polar surface area (TPSA) is 81.4 Å². The Balaban J connectivity index is 1.58. The van der Waals surface area contributed by atoms with E-state index in [-0.39, 0.29) is 5.69 Å². The minimum absolute atomic E-state index is 0.0734. The number of benzene rings is 2. The van der Waals surface area contributed by atoms with Gasteiger partial charge in [0.05, 0.1) is 23.8 Å². The number of aromatic nitrogens is 2. The second-order valence-corrected chi connectivity index (χ2v) is 7.29. The second kappa shape index (κ2) is 9.45. The number of nitrogens with zero attached hydrogens (tertiary/aromatic N) is 4. The molecule has 0 bridgehead atoms. The van der Waals surface area contributed by atoms with E-state index in [9.17, 15) is 10.1 Å². The standard InChI is InChI=1S/C23H24N4O3/c28-27(29)21-11-9-19(10-12-21)22-17-20(8-4-7-18-5-2-1-3-6-18)24-23(25-22)26-13-15-30-16-14-26/h1-3,5-6,9-12,17H,4,7-8,13-16H2. The summed E-state index contributed by atoms with van der Waals surface area (Å²) in [7, 11) is 0. The van der Waals surface area contributed by atoms with Gasteiger partial charge in [0.25, 0.3) is 5.69 Å². The van der Waals surface area contributed by atoms with Crippen molar-refractivity contribution in [2.45, 2.75) is 19.3 Å². The summed E-state index contributed by atoms with van der Waals surface area (Å²) >= 11 is 0. The van der Waals surface area contributed by atoms with Crippen LogP contribution in [-0.4, -0.2) is 41.2 Å². The van der Waals surface area contributed by atoms with Crippen LogP contribution in [0.15, 0.2) is 60.7 Å². The molecule has 1 fully saturated rings. The lowest BCUT2D eigenvalue weighted by molar-refractivity contribution is -0.384. The van der Waals surface area contributed by atoms with E-state index in [1.165, 1.54) is 17.7 Å². The van der Waals surface area contributed by atoms with Gasteiger partial charge in [-0.15, -0.1) is 0 Å². The predicted molar refractivity (Wildman–Crippen MR) is 116 cm³/mol. The normalized spacial score (nSPS) is 13.9. The number of anilines is 1. The van der Waals surface area contributed by atoms with Gasteiger partial charge < -0.3 is 9.64 Å². The van der Waals surface area contributed by atoms with Crippen molar-refractivity contribution in [3.63, 3.8) is 0 Å². The number of non-ortho nitro benzene ring substituents is 1. The molecule has 0 N–H and O–H groups in total. The Bertz CT molecular complexity index is 987. The summed E-state index contributed by atoms with van der Waals surface area (Å²) in [5.41, 5.74) is 4.01. The van der Waals surface area contributed by atoms with Gasteiger partial charge in [0, 0.05) is 36.5 Å². The minimum atomic E-state index is -0.391. The van der Waals surface area contributed by atoms with Crippen LogP contribution in [0.4, 0.5) is 11.6 Å². The zero-order chi connectivity index (χ0) is 20.8. The minimum Gasteiger partial charge on any atom is -0.378 e. The number of ether oxygens (including phenoxy) is 1. The van der Waals surface area contributed by atoms with Crippen molar-refractivity contribution in [3.05, 3.63) is 82.0 Å². The van der Waals surface area contributed by atoms with E-state index in [1.807, 2.05) is 12.1 Å². The molecule has 1 aromatic heterocycles. The first-order valence-corrected chi connectivity index (χ1v) is 10.2. The Hall–Kier alpha value is -3.32. The number of nitro groups is 1. The highest BCUT2D eigenvalue weighted by Crippen LogP contribution is 2.24. The number of rotatable bonds is 7. The van der Waals surface area contributed by atoms with Gasteiger partial charge in [-0.25, -0.2) is 9.97 Å². The first kappa shape index (κ1) is 20.0. The molecule has 0 unspecified atom stereocenters. The van der Waals surface area contributed by atoms with Crippen molar-refractivity contribution in [3.8, 4) is 11.3 Å². The Morgan fingerprint density at radius 3 is 2.40 bits per heavy atom. The molecule has 0 amide bonds. The van der Waals surface area contributed by atoms with Crippen LogP contribution >= 0.6 is 0 Å². The SMILES string of the molecule is O=[N+]([O-])c1ccc(-c2cc(CCCc3ccccc3)nc(N3CCOCC3)n2)cc1. The van der Waals surface area contributed by atoms with Gasteiger partial charge in [0.1, 0.15) is 0 Å². The molecule has 1 saturated heterocycles. The fourth-order valence-electron chi connectivity index (χ4n) is 3.54. The smallest absolute Gasteiger partial charge is 0.269 e. The molecule has 0 spiro atoms. The summed E-state index contributed by atoms with van der Waals surface area (Å²) in [6.45, 7) is 2.84. The number of nitro benzene ring substituents is 1. The summed E-state index contributed by atoms with van der Waals surface area (Å²) in [5.74, 6) is 0.698. The summed E-state index contributed by atoms with van der Waals surface area (Å²) < 4.78 is 5.45. The molecular weight excluding hydrogens is 380 g/mol. The van der Waals surface area contributed by atoms with Gasteiger partial charge in [-0.3, -0.25) is 10.1 Å². The van der Waals surface area contributed by atoms with Crippen LogP contribution < -0.4 is 4.90 Å². The molecule has 0 radical (unpaired) electrons. The Morgan fingerprint density at radius 1 is 0.967 bits per heavy atom. The summed E-state index contributed by atoms with van der Waals surface area (Å²) in [4.78, 5) is 22.3. The van der Waals surface area contributed by atoms with Gasteiger partial charge in [-0.05, 0) is 43.0 Å². The third-order valence-corrected chi connectivity index (χ3v) is 5.18. The molecule has 1 aliphatic rings.